The van der Waals surface area contributed by atoms with Crippen molar-refractivity contribution in [1.29, 1.82) is 0 Å². The maximum atomic E-state index is 12.4. The SMILES string of the molecule is COc1ccc(OCC(=O)Oc2ccc3cc(C(=O)NCC4CCCO4)c(=O)oc3c2)cc1. The summed E-state index contributed by atoms with van der Waals surface area (Å²) in [7, 11) is 1.56. The normalized spacial score (nSPS) is 15.2. The number of methoxy groups -OCH3 is 1. The third kappa shape index (κ3) is 5.69. The van der Waals surface area contributed by atoms with Gasteiger partial charge in [-0.05, 0) is 55.3 Å². The van der Waals surface area contributed by atoms with Gasteiger partial charge in [-0.1, -0.05) is 0 Å². The molecule has 0 bridgehead atoms. The van der Waals surface area contributed by atoms with Gasteiger partial charge in [0.25, 0.3) is 5.91 Å². The second-order valence-corrected chi connectivity index (χ2v) is 7.43. The molecule has 1 aliphatic heterocycles. The van der Waals surface area contributed by atoms with Crippen molar-refractivity contribution in [3.05, 3.63) is 64.5 Å². The molecule has 33 heavy (non-hydrogen) atoms. The predicted molar refractivity (Wildman–Crippen MR) is 118 cm³/mol. The molecule has 0 aliphatic carbocycles. The number of nitrogens with one attached hydrogen (secondary N) is 1. The van der Waals surface area contributed by atoms with Crippen LogP contribution < -0.4 is 25.2 Å². The molecule has 2 heterocycles. The lowest BCUT2D eigenvalue weighted by molar-refractivity contribution is -0.136. The highest BCUT2D eigenvalue weighted by Gasteiger charge is 2.19. The first-order valence-electron chi connectivity index (χ1n) is 10.5. The van der Waals surface area contributed by atoms with Crippen molar-refractivity contribution in [2.24, 2.45) is 0 Å². The second-order valence-electron chi connectivity index (χ2n) is 7.43. The Morgan fingerprint density at radius 3 is 2.55 bits per heavy atom. The first kappa shape index (κ1) is 22.3. The fourth-order valence-electron chi connectivity index (χ4n) is 3.40. The Morgan fingerprint density at radius 1 is 1.06 bits per heavy atom. The fourth-order valence-corrected chi connectivity index (χ4v) is 3.40. The molecule has 9 nitrogen and oxygen atoms in total. The predicted octanol–water partition coefficient (Wildman–Crippen LogP) is 2.69. The lowest BCUT2D eigenvalue weighted by atomic mass is 10.1. The van der Waals surface area contributed by atoms with Crippen molar-refractivity contribution in [3.8, 4) is 17.2 Å². The van der Waals surface area contributed by atoms with Gasteiger partial charge in [-0.2, -0.15) is 0 Å². The Balaban J connectivity index is 1.37. The highest BCUT2D eigenvalue weighted by Crippen LogP contribution is 2.21. The number of carbonyl (C=O) groups excluding carboxylic acids is 2. The molecule has 2 aromatic carbocycles. The van der Waals surface area contributed by atoms with Crippen molar-refractivity contribution >= 4 is 22.8 Å². The van der Waals surface area contributed by atoms with Crippen LogP contribution in [0.4, 0.5) is 0 Å². The Labute approximate surface area is 189 Å². The van der Waals surface area contributed by atoms with Crippen LogP contribution in [0.1, 0.15) is 23.2 Å². The lowest BCUT2D eigenvalue weighted by Crippen LogP contribution is -2.34. The number of carbonyl (C=O) groups is 2. The van der Waals surface area contributed by atoms with Crippen molar-refractivity contribution in [2.75, 3.05) is 26.9 Å². The Morgan fingerprint density at radius 2 is 1.82 bits per heavy atom. The van der Waals surface area contributed by atoms with Gasteiger partial charge in [-0.3, -0.25) is 4.79 Å². The molecule has 172 valence electrons. The monoisotopic (exact) mass is 453 g/mol. The van der Waals surface area contributed by atoms with Gasteiger partial charge in [-0.25, -0.2) is 9.59 Å². The minimum Gasteiger partial charge on any atom is -0.497 e. The van der Waals surface area contributed by atoms with Crippen LogP contribution in [0.2, 0.25) is 0 Å². The molecule has 1 saturated heterocycles. The fraction of sp³-hybridized carbons (Fsp3) is 0.292. The summed E-state index contributed by atoms with van der Waals surface area (Å²) in [6, 6.07) is 12.8. The third-order valence-electron chi connectivity index (χ3n) is 5.11. The first-order valence-corrected chi connectivity index (χ1v) is 10.5. The van der Waals surface area contributed by atoms with Gasteiger partial charge in [0.2, 0.25) is 0 Å². The number of hydrogen-bond acceptors (Lipinski definition) is 8. The van der Waals surface area contributed by atoms with E-state index in [1.54, 1.807) is 43.5 Å². The quantitative estimate of drug-likeness (QED) is 0.315. The average molecular weight is 453 g/mol. The molecular weight excluding hydrogens is 430 g/mol. The smallest absolute Gasteiger partial charge is 0.349 e. The molecule has 1 fully saturated rings. The van der Waals surface area contributed by atoms with Crippen molar-refractivity contribution in [2.45, 2.75) is 18.9 Å². The molecule has 3 aromatic rings. The van der Waals surface area contributed by atoms with Gasteiger partial charge in [-0.15, -0.1) is 0 Å². The zero-order chi connectivity index (χ0) is 23.2. The number of amides is 1. The minimum atomic E-state index is -0.779. The van der Waals surface area contributed by atoms with Crippen LogP contribution in [-0.4, -0.2) is 44.8 Å². The van der Waals surface area contributed by atoms with E-state index in [9.17, 15) is 14.4 Å². The number of ether oxygens (including phenoxy) is 4. The largest absolute Gasteiger partial charge is 0.497 e. The summed E-state index contributed by atoms with van der Waals surface area (Å²) in [5.74, 6) is 0.197. The van der Waals surface area contributed by atoms with Gasteiger partial charge in [0.05, 0.1) is 13.2 Å². The molecular formula is C24H23NO8. The number of esters is 1. The van der Waals surface area contributed by atoms with Gasteiger partial charge < -0.3 is 28.7 Å². The molecule has 1 aromatic heterocycles. The zero-order valence-electron chi connectivity index (χ0n) is 18.0. The van der Waals surface area contributed by atoms with E-state index in [4.69, 9.17) is 23.4 Å². The highest BCUT2D eigenvalue weighted by atomic mass is 16.6. The van der Waals surface area contributed by atoms with Crippen LogP contribution in [0, 0.1) is 0 Å². The van der Waals surface area contributed by atoms with E-state index >= 15 is 0 Å². The number of fused-ring (bicyclic) bond motifs is 1. The maximum absolute atomic E-state index is 12.4. The molecule has 1 unspecified atom stereocenters. The standard InChI is InChI=1S/C24H23NO8/c1-29-16-6-8-17(9-7-16)31-14-22(26)32-18-5-4-15-11-20(24(28)33-21(15)12-18)23(27)25-13-19-3-2-10-30-19/h4-9,11-12,19H,2-3,10,13-14H2,1H3,(H,25,27). The molecule has 0 radical (unpaired) electrons. The first-order chi connectivity index (χ1) is 16.0. The topological polar surface area (TPSA) is 113 Å². The Kier molecular flexibility index (Phi) is 6.89. The van der Waals surface area contributed by atoms with Gasteiger partial charge in [0.1, 0.15) is 28.4 Å². The summed E-state index contributed by atoms with van der Waals surface area (Å²) in [6.45, 7) is 0.709. The van der Waals surface area contributed by atoms with Crippen LogP contribution >= 0.6 is 0 Å². The van der Waals surface area contributed by atoms with E-state index in [2.05, 4.69) is 5.32 Å². The zero-order valence-corrected chi connectivity index (χ0v) is 18.0. The summed E-state index contributed by atoms with van der Waals surface area (Å²) in [5.41, 5.74) is -0.686. The molecule has 0 saturated carbocycles. The third-order valence-corrected chi connectivity index (χ3v) is 5.11. The van der Waals surface area contributed by atoms with Gasteiger partial charge >= 0.3 is 11.6 Å². The van der Waals surface area contributed by atoms with E-state index in [-0.39, 0.29) is 29.6 Å². The van der Waals surface area contributed by atoms with Crippen molar-refractivity contribution in [3.63, 3.8) is 0 Å². The lowest BCUT2D eigenvalue weighted by Gasteiger charge is -2.10. The van der Waals surface area contributed by atoms with Crippen molar-refractivity contribution < 1.29 is 33.0 Å². The van der Waals surface area contributed by atoms with E-state index in [0.29, 0.717) is 30.0 Å². The molecule has 1 N–H and O–H groups in total. The second kappa shape index (κ2) is 10.2. The van der Waals surface area contributed by atoms with Crippen LogP contribution in [0.25, 0.3) is 11.0 Å². The number of hydrogen-bond donors (Lipinski definition) is 1. The molecule has 1 aliphatic rings. The molecule has 0 spiro atoms. The summed E-state index contributed by atoms with van der Waals surface area (Å²) >= 11 is 0. The number of rotatable bonds is 8. The van der Waals surface area contributed by atoms with E-state index in [0.717, 1.165) is 12.8 Å². The summed E-state index contributed by atoms with van der Waals surface area (Å²) in [5, 5.41) is 3.22. The molecule has 1 atom stereocenters. The minimum absolute atomic E-state index is 0.0348. The summed E-state index contributed by atoms with van der Waals surface area (Å²) in [4.78, 5) is 36.8. The van der Waals surface area contributed by atoms with E-state index in [1.165, 1.54) is 12.1 Å². The summed E-state index contributed by atoms with van der Waals surface area (Å²) < 4.78 is 26.5. The summed E-state index contributed by atoms with van der Waals surface area (Å²) in [6.07, 6.45) is 1.80. The van der Waals surface area contributed by atoms with Crippen LogP contribution in [-0.2, 0) is 9.53 Å². The number of benzene rings is 2. The van der Waals surface area contributed by atoms with E-state index < -0.39 is 17.5 Å². The Bertz CT molecular complexity index is 1200. The average Bonchev–Trinajstić information content (AvgIpc) is 3.35. The highest BCUT2D eigenvalue weighted by molar-refractivity contribution is 5.96. The Hall–Kier alpha value is -3.85. The van der Waals surface area contributed by atoms with Crippen molar-refractivity contribution in [1.82, 2.24) is 5.32 Å². The van der Waals surface area contributed by atoms with E-state index in [1.807, 2.05) is 0 Å². The van der Waals surface area contributed by atoms with Crippen LogP contribution in [0.3, 0.4) is 0 Å². The molecule has 1 amide bonds. The molecule has 9 heteroatoms. The van der Waals surface area contributed by atoms with Crippen LogP contribution in [0.15, 0.2) is 57.7 Å². The van der Waals surface area contributed by atoms with Gasteiger partial charge in [0, 0.05) is 24.6 Å². The van der Waals surface area contributed by atoms with Crippen LogP contribution in [0.5, 0.6) is 17.2 Å². The molecule has 4 rings (SSSR count). The van der Waals surface area contributed by atoms with Gasteiger partial charge in [0.15, 0.2) is 6.61 Å². The maximum Gasteiger partial charge on any atom is 0.349 e.